The highest BCUT2D eigenvalue weighted by Crippen LogP contribution is 2.22. The molecule has 2 rings (SSSR count). The molecule has 0 spiro atoms. The Morgan fingerprint density at radius 1 is 1.53 bits per heavy atom. The summed E-state index contributed by atoms with van der Waals surface area (Å²) in [6, 6.07) is 6.18. The minimum Gasteiger partial charge on any atom is -0.507 e. The number of hydrogen-bond acceptors (Lipinski definition) is 3. The Balaban J connectivity index is 1.90. The summed E-state index contributed by atoms with van der Waals surface area (Å²) in [6.45, 7) is 5.63. The number of phenolic OH excluding ortho intramolecular Hbond substituents is 1. The van der Waals surface area contributed by atoms with Crippen molar-refractivity contribution in [1.29, 1.82) is 0 Å². The highest BCUT2D eigenvalue weighted by molar-refractivity contribution is 5.39. The van der Waals surface area contributed by atoms with Crippen LogP contribution in [0.25, 0.3) is 0 Å². The first-order valence-corrected chi connectivity index (χ1v) is 6.31. The summed E-state index contributed by atoms with van der Waals surface area (Å²) in [5, 5.41) is 13.3. The van der Waals surface area contributed by atoms with Gasteiger partial charge < -0.3 is 15.2 Å². The van der Waals surface area contributed by atoms with Gasteiger partial charge in [-0.1, -0.05) is 18.2 Å². The molecule has 1 aliphatic heterocycles. The van der Waals surface area contributed by atoms with E-state index in [1.165, 1.54) is 0 Å². The van der Waals surface area contributed by atoms with E-state index >= 15 is 0 Å². The topological polar surface area (TPSA) is 41.5 Å². The fourth-order valence-corrected chi connectivity index (χ4v) is 2.26. The predicted octanol–water partition coefficient (Wildman–Crippen LogP) is 2.36. The molecular weight excluding hydrogens is 214 g/mol. The van der Waals surface area contributed by atoms with Gasteiger partial charge in [-0.3, -0.25) is 0 Å². The average Bonchev–Trinajstić information content (AvgIpc) is 2.84. The van der Waals surface area contributed by atoms with Crippen molar-refractivity contribution >= 4 is 0 Å². The van der Waals surface area contributed by atoms with Crippen LogP contribution < -0.4 is 5.32 Å². The van der Waals surface area contributed by atoms with Crippen LogP contribution in [0.5, 0.6) is 5.75 Å². The molecule has 0 amide bonds. The van der Waals surface area contributed by atoms with Crippen LogP contribution in [-0.4, -0.2) is 23.9 Å². The van der Waals surface area contributed by atoms with Gasteiger partial charge in [-0.2, -0.15) is 0 Å². The summed E-state index contributed by atoms with van der Waals surface area (Å²) < 4.78 is 5.63. The Hall–Kier alpha value is -1.06. The molecular formula is C14H21NO2. The van der Waals surface area contributed by atoms with Gasteiger partial charge in [0.15, 0.2) is 0 Å². The molecule has 1 fully saturated rings. The molecule has 0 radical (unpaired) electrons. The molecule has 3 heteroatoms. The number of benzene rings is 1. The van der Waals surface area contributed by atoms with Gasteiger partial charge in [0.1, 0.15) is 5.75 Å². The quantitative estimate of drug-likeness (QED) is 0.841. The Bertz CT molecular complexity index is 372. The van der Waals surface area contributed by atoms with Crippen molar-refractivity contribution in [3.05, 3.63) is 29.3 Å². The molecule has 1 saturated heterocycles. The third-order valence-electron chi connectivity index (χ3n) is 3.46. The Labute approximate surface area is 103 Å². The fraction of sp³-hybridized carbons (Fsp3) is 0.571. The number of ether oxygens (including phenoxy) is 1. The number of phenols is 1. The van der Waals surface area contributed by atoms with Gasteiger partial charge in [0.2, 0.25) is 0 Å². The zero-order valence-electron chi connectivity index (χ0n) is 10.6. The highest BCUT2D eigenvalue weighted by Gasteiger charge is 2.21. The van der Waals surface area contributed by atoms with E-state index in [2.05, 4.69) is 12.2 Å². The molecule has 1 aromatic rings. The second-order valence-electron chi connectivity index (χ2n) is 4.80. The molecule has 0 aliphatic carbocycles. The zero-order chi connectivity index (χ0) is 12.3. The van der Waals surface area contributed by atoms with Crippen LogP contribution in [0, 0.1) is 6.92 Å². The first-order valence-electron chi connectivity index (χ1n) is 6.31. The second kappa shape index (κ2) is 5.52. The lowest BCUT2D eigenvalue weighted by Crippen LogP contribution is -2.36. The molecule has 0 bridgehead atoms. The summed E-state index contributed by atoms with van der Waals surface area (Å²) in [6.07, 6.45) is 2.61. The number of hydrogen-bond donors (Lipinski definition) is 2. The largest absolute Gasteiger partial charge is 0.507 e. The minimum atomic E-state index is 0.321. The normalized spacial score (nSPS) is 21.6. The van der Waals surface area contributed by atoms with Gasteiger partial charge in [-0.05, 0) is 32.3 Å². The van der Waals surface area contributed by atoms with Crippen molar-refractivity contribution in [3.63, 3.8) is 0 Å². The van der Waals surface area contributed by atoms with E-state index in [1.54, 1.807) is 0 Å². The number of nitrogens with one attached hydrogen (secondary N) is 1. The predicted molar refractivity (Wildman–Crippen MR) is 68.1 cm³/mol. The van der Waals surface area contributed by atoms with Crippen molar-refractivity contribution in [2.45, 2.75) is 45.4 Å². The maximum atomic E-state index is 9.90. The van der Waals surface area contributed by atoms with Crippen molar-refractivity contribution in [2.24, 2.45) is 0 Å². The van der Waals surface area contributed by atoms with Crippen LogP contribution in [0.1, 0.15) is 30.9 Å². The number of aryl methyl sites for hydroxylation is 1. The maximum Gasteiger partial charge on any atom is 0.122 e. The van der Waals surface area contributed by atoms with Gasteiger partial charge in [-0.25, -0.2) is 0 Å². The van der Waals surface area contributed by atoms with Gasteiger partial charge in [0.25, 0.3) is 0 Å². The smallest absolute Gasteiger partial charge is 0.122 e. The van der Waals surface area contributed by atoms with Gasteiger partial charge in [0.05, 0.1) is 6.10 Å². The van der Waals surface area contributed by atoms with Gasteiger partial charge >= 0.3 is 0 Å². The molecule has 94 valence electrons. The van der Waals surface area contributed by atoms with E-state index in [9.17, 15) is 5.11 Å². The third kappa shape index (κ3) is 2.99. The van der Waals surface area contributed by atoms with Crippen LogP contribution >= 0.6 is 0 Å². The summed E-state index contributed by atoms with van der Waals surface area (Å²) in [5.41, 5.74) is 1.88. The molecule has 2 atom stereocenters. The van der Waals surface area contributed by atoms with Crippen molar-refractivity contribution in [1.82, 2.24) is 5.32 Å². The fourth-order valence-electron chi connectivity index (χ4n) is 2.26. The van der Waals surface area contributed by atoms with Crippen LogP contribution in [-0.2, 0) is 11.3 Å². The second-order valence-corrected chi connectivity index (χ2v) is 4.80. The molecule has 0 aromatic heterocycles. The average molecular weight is 235 g/mol. The summed E-state index contributed by atoms with van der Waals surface area (Å²) in [7, 11) is 0. The van der Waals surface area contributed by atoms with Gasteiger partial charge in [-0.15, -0.1) is 0 Å². The highest BCUT2D eigenvalue weighted by atomic mass is 16.5. The monoisotopic (exact) mass is 235 g/mol. The van der Waals surface area contributed by atoms with Crippen LogP contribution in [0.15, 0.2) is 18.2 Å². The molecule has 1 aliphatic rings. The van der Waals surface area contributed by atoms with Gasteiger partial charge in [0, 0.05) is 24.8 Å². The lowest BCUT2D eigenvalue weighted by molar-refractivity contribution is 0.0831. The standard InChI is InChI=1S/C14H21NO2/c1-10-5-3-6-12(14(10)16)9-15-11(2)13-7-4-8-17-13/h3,5-6,11,13,15-16H,4,7-9H2,1-2H3. The van der Waals surface area contributed by atoms with E-state index in [-0.39, 0.29) is 0 Å². The molecule has 3 nitrogen and oxygen atoms in total. The maximum absolute atomic E-state index is 9.90. The molecule has 2 N–H and O–H groups in total. The summed E-state index contributed by atoms with van der Waals surface area (Å²) in [4.78, 5) is 0. The summed E-state index contributed by atoms with van der Waals surface area (Å²) >= 11 is 0. The van der Waals surface area contributed by atoms with E-state index in [0.717, 1.165) is 30.6 Å². The van der Waals surface area contributed by atoms with Crippen molar-refractivity contribution in [2.75, 3.05) is 6.61 Å². The summed E-state index contributed by atoms with van der Waals surface area (Å²) in [5.74, 6) is 0.402. The molecule has 1 aromatic carbocycles. The van der Waals surface area contributed by atoms with E-state index in [1.807, 2.05) is 25.1 Å². The van der Waals surface area contributed by atoms with Crippen molar-refractivity contribution in [3.8, 4) is 5.75 Å². The molecule has 0 saturated carbocycles. The number of rotatable bonds is 4. The SMILES string of the molecule is Cc1cccc(CNC(C)C2CCCO2)c1O. The first-order chi connectivity index (χ1) is 8.18. The molecule has 17 heavy (non-hydrogen) atoms. The van der Waals surface area contributed by atoms with E-state index in [0.29, 0.717) is 24.4 Å². The first kappa shape index (κ1) is 12.4. The number of para-hydroxylation sites is 1. The minimum absolute atomic E-state index is 0.321. The Kier molecular flexibility index (Phi) is 4.02. The lowest BCUT2D eigenvalue weighted by Gasteiger charge is -2.20. The van der Waals surface area contributed by atoms with Crippen molar-refractivity contribution < 1.29 is 9.84 Å². The lowest BCUT2D eigenvalue weighted by atomic mass is 10.1. The molecule has 1 heterocycles. The Morgan fingerprint density at radius 3 is 3.06 bits per heavy atom. The van der Waals surface area contributed by atoms with Crippen LogP contribution in [0.4, 0.5) is 0 Å². The van der Waals surface area contributed by atoms with Crippen LogP contribution in [0.2, 0.25) is 0 Å². The third-order valence-corrected chi connectivity index (χ3v) is 3.46. The number of aromatic hydroxyl groups is 1. The van der Waals surface area contributed by atoms with E-state index < -0.39 is 0 Å². The Morgan fingerprint density at radius 2 is 2.35 bits per heavy atom. The van der Waals surface area contributed by atoms with E-state index in [4.69, 9.17) is 4.74 Å². The van der Waals surface area contributed by atoms with Crippen LogP contribution in [0.3, 0.4) is 0 Å². The molecule has 2 unspecified atom stereocenters. The zero-order valence-corrected chi connectivity index (χ0v) is 10.6.